The Balaban J connectivity index is 2.67. The molecule has 0 aliphatic carbocycles. The van der Waals surface area contributed by atoms with Crippen molar-refractivity contribution in [1.82, 2.24) is 5.32 Å². The quantitative estimate of drug-likeness (QED) is 0.785. The smallest absolute Gasteiger partial charge is 0.255 e. The Morgan fingerprint density at radius 3 is 2.82 bits per heavy atom. The van der Waals surface area contributed by atoms with Crippen LogP contribution in [0, 0.1) is 5.92 Å². The van der Waals surface area contributed by atoms with Gasteiger partial charge in [0, 0.05) is 6.54 Å². The first-order chi connectivity index (χ1) is 8.19. The Bertz CT molecular complexity index is 366. The summed E-state index contributed by atoms with van der Waals surface area (Å²) in [6.45, 7) is 5.58. The fraction of sp³-hybridized carbons (Fsp3) is 0.462. The van der Waals surface area contributed by atoms with Gasteiger partial charge in [-0.05, 0) is 31.5 Å². The van der Waals surface area contributed by atoms with Crippen LogP contribution in [0.15, 0.2) is 24.3 Å². The molecule has 4 heteroatoms. The first kappa shape index (κ1) is 13.5. The SMILES string of the molecule is CCOc1ccccc1C(=O)NCC(C)CN. The summed E-state index contributed by atoms with van der Waals surface area (Å²) in [5.41, 5.74) is 6.07. The summed E-state index contributed by atoms with van der Waals surface area (Å²) in [5.74, 6) is 0.778. The molecule has 0 heterocycles. The number of carbonyl (C=O) groups is 1. The van der Waals surface area contributed by atoms with Crippen molar-refractivity contribution in [3.8, 4) is 5.75 Å². The van der Waals surface area contributed by atoms with Gasteiger partial charge in [-0.25, -0.2) is 0 Å². The van der Waals surface area contributed by atoms with E-state index < -0.39 is 0 Å². The number of rotatable bonds is 6. The highest BCUT2D eigenvalue weighted by Crippen LogP contribution is 2.17. The van der Waals surface area contributed by atoms with E-state index in [4.69, 9.17) is 10.5 Å². The van der Waals surface area contributed by atoms with E-state index in [9.17, 15) is 4.79 Å². The molecule has 0 aliphatic rings. The van der Waals surface area contributed by atoms with Gasteiger partial charge in [0.15, 0.2) is 0 Å². The molecule has 4 nitrogen and oxygen atoms in total. The number of ether oxygens (including phenoxy) is 1. The zero-order valence-electron chi connectivity index (χ0n) is 10.4. The zero-order chi connectivity index (χ0) is 12.7. The van der Waals surface area contributed by atoms with Crippen LogP contribution in [0.1, 0.15) is 24.2 Å². The molecule has 0 spiro atoms. The summed E-state index contributed by atoms with van der Waals surface area (Å²) in [4.78, 5) is 11.9. The summed E-state index contributed by atoms with van der Waals surface area (Å²) in [5, 5.41) is 2.85. The maximum Gasteiger partial charge on any atom is 0.255 e. The second-order valence-corrected chi connectivity index (χ2v) is 3.98. The van der Waals surface area contributed by atoms with Crippen LogP contribution in [0.3, 0.4) is 0 Å². The van der Waals surface area contributed by atoms with Gasteiger partial charge in [0.25, 0.3) is 5.91 Å². The highest BCUT2D eigenvalue weighted by Gasteiger charge is 2.11. The number of nitrogens with one attached hydrogen (secondary N) is 1. The van der Waals surface area contributed by atoms with Crippen molar-refractivity contribution in [2.24, 2.45) is 11.7 Å². The fourth-order valence-electron chi connectivity index (χ4n) is 1.38. The summed E-state index contributed by atoms with van der Waals surface area (Å²) < 4.78 is 5.41. The summed E-state index contributed by atoms with van der Waals surface area (Å²) in [6.07, 6.45) is 0. The van der Waals surface area contributed by atoms with Gasteiger partial charge in [0.1, 0.15) is 5.75 Å². The van der Waals surface area contributed by atoms with Gasteiger partial charge < -0.3 is 15.8 Å². The number of amides is 1. The van der Waals surface area contributed by atoms with E-state index in [1.54, 1.807) is 12.1 Å². The van der Waals surface area contributed by atoms with Gasteiger partial charge in [0.2, 0.25) is 0 Å². The molecular formula is C13H20N2O2. The van der Waals surface area contributed by atoms with Crippen LogP contribution in [-0.2, 0) is 0 Å². The molecule has 0 bridgehead atoms. The number of hydrogen-bond donors (Lipinski definition) is 2. The third-order valence-electron chi connectivity index (χ3n) is 2.44. The number of carbonyl (C=O) groups excluding carboxylic acids is 1. The molecule has 17 heavy (non-hydrogen) atoms. The Labute approximate surface area is 102 Å². The van der Waals surface area contributed by atoms with Gasteiger partial charge >= 0.3 is 0 Å². The van der Waals surface area contributed by atoms with E-state index in [-0.39, 0.29) is 11.8 Å². The van der Waals surface area contributed by atoms with E-state index in [0.717, 1.165) is 0 Å². The van der Waals surface area contributed by atoms with E-state index in [1.165, 1.54) is 0 Å². The second-order valence-electron chi connectivity index (χ2n) is 3.98. The van der Waals surface area contributed by atoms with Crippen molar-refractivity contribution in [3.05, 3.63) is 29.8 Å². The lowest BCUT2D eigenvalue weighted by Crippen LogP contribution is -2.31. The molecule has 3 N–H and O–H groups in total. The van der Waals surface area contributed by atoms with Gasteiger partial charge in [-0.15, -0.1) is 0 Å². The van der Waals surface area contributed by atoms with Crippen molar-refractivity contribution in [2.45, 2.75) is 13.8 Å². The van der Waals surface area contributed by atoms with Crippen molar-refractivity contribution < 1.29 is 9.53 Å². The molecular weight excluding hydrogens is 216 g/mol. The Morgan fingerprint density at radius 2 is 2.18 bits per heavy atom. The van der Waals surface area contributed by atoms with E-state index in [2.05, 4.69) is 5.32 Å². The lowest BCUT2D eigenvalue weighted by atomic mass is 10.1. The van der Waals surface area contributed by atoms with Crippen LogP contribution in [-0.4, -0.2) is 25.6 Å². The Morgan fingerprint density at radius 1 is 1.47 bits per heavy atom. The van der Waals surface area contributed by atoms with Gasteiger partial charge in [0.05, 0.1) is 12.2 Å². The first-order valence-corrected chi connectivity index (χ1v) is 5.89. The minimum atomic E-state index is -0.116. The summed E-state index contributed by atoms with van der Waals surface area (Å²) >= 11 is 0. The molecule has 0 aromatic heterocycles. The number of para-hydroxylation sites is 1. The van der Waals surface area contributed by atoms with Gasteiger partial charge in [-0.2, -0.15) is 0 Å². The van der Waals surface area contributed by atoms with E-state index in [1.807, 2.05) is 26.0 Å². The lowest BCUT2D eigenvalue weighted by molar-refractivity contribution is 0.0945. The molecule has 1 unspecified atom stereocenters. The largest absolute Gasteiger partial charge is 0.493 e. The van der Waals surface area contributed by atoms with Crippen molar-refractivity contribution in [2.75, 3.05) is 19.7 Å². The predicted molar refractivity (Wildman–Crippen MR) is 68.2 cm³/mol. The highest BCUT2D eigenvalue weighted by atomic mass is 16.5. The molecule has 0 fully saturated rings. The molecule has 0 saturated heterocycles. The topological polar surface area (TPSA) is 64.3 Å². The Kier molecular flexibility index (Phi) is 5.49. The van der Waals surface area contributed by atoms with Crippen LogP contribution in [0.4, 0.5) is 0 Å². The van der Waals surface area contributed by atoms with Crippen LogP contribution >= 0.6 is 0 Å². The predicted octanol–water partition coefficient (Wildman–Crippen LogP) is 1.41. The maximum absolute atomic E-state index is 11.9. The number of hydrogen-bond acceptors (Lipinski definition) is 3. The van der Waals surface area contributed by atoms with Crippen molar-refractivity contribution in [1.29, 1.82) is 0 Å². The minimum Gasteiger partial charge on any atom is -0.493 e. The Hall–Kier alpha value is -1.55. The molecule has 1 amide bonds. The third-order valence-corrected chi connectivity index (χ3v) is 2.44. The average Bonchev–Trinajstić information content (AvgIpc) is 2.36. The standard InChI is InChI=1S/C13H20N2O2/c1-3-17-12-7-5-4-6-11(12)13(16)15-9-10(2)8-14/h4-7,10H,3,8-9,14H2,1-2H3,(H,15,16). The van der Waals surface area contributed by atoms with Crippen LogP contribution in [0.5, 0.6) is 5.75 Å². The first-order valence-electron chi connectivity index (χ1n) is 5.89. The van der Waals surface area contributed by atoms with E-state index in [0.29, 0.717) is 31.0 Å². The van der Waals surface area contributed by atoms with E-state index >= 15 is 0 Å². The van der Waals surface area contributed by atoms with Crippen molar-refractivity contribution >= 4 is 5.91 Å². The van der Waals surface area contributed by atoms with Gasteiger partial charge in [-0.1, -0.05) is 19.1 Å². The second kappa shape index (κ2) is 6.91. The van der Waals surface area contributed by atoms with Crippen LogP contribution < -0.4 is 15.8 Å². The molecule has 94 valence electrons. The molecule has 0 aliphatic heterocycles. The average molecular weight is 236 g/mol. The molecule has 1 atom stereocenters. The fourth-order valence-corrected chi connectivity index (χ4v) is 1.38. The maximum atomic E-state index is 11.9. The monoisotopic (exact) mass is 236 g/mol. The molecule has 0 saturated carbocycles. The molecule has 1 aromatic carbocycles. The summed E-state index contributed by atoms with van der Waals surface area (Å²) in [6, 6.07) is 7.23. The van der Waals surface area contributed by atoms with Crippen LogP contribution in [0.25, 0.3) is 0 Å². The van der Waals surface area contributed by atoms with Gasteiger partial charge in [-0.3, -0.25) is 4.79 Å². The van der Waals surface area contributed by atoms with Crippen molar-refractivity contribution in [3.63, 3.8) is 0 Å². The summed E-state index contributed by atoms with van der Waals surface area (Å²) in [7, 11) is 0. The normalized spacial score (nSPS) is 11.9. The third kappa shape index (κ3) is 4.07. The molecule has 1 aromatic rings. The number of benzene rings is 1. The number of nitrogens with two attached hydrogens (primary N) is 1. The highest BCUT2D eigenvalue weighted by molar-refractivity contribution is 5.96. The molecule has 1 rings (SSSR count). The minimum absolute atomic E-state index is 0.116. The lowest BCUT2D eigenvalue weighted by Gasteiger charge is -2.12. The van der Waals surface area contributed by atoms with Crippen LogP contribution in [0.2, 0.25) is 0 Å². The molecule has 0 radical (unpaired) electrons. The zero-order valence-corrected chi connectivity index (χ0v) is 10.4.